The van der Waals surface area contributed by atoms with Crippen molar-refractivity contribution in [1.29, 1.82) is 0 Å². The van der Waals surface area contributed by atoms with Gasteiger partial charge in [-0.3, -0.25) is 4.79 Å². The number of halogens is 2. The molecule has 7 heteroatoms. The van der Waals surface area contributed by atoms with Gasteiger partial charge in [-0.15, -0.1) is 0 Å². The number of anilines is 1. The minimum Gasteiger partial charge on any atom is -0.497 e. The number of carbonyl (C=O) groups is 1. The fraction of sp³-hybridized carbons (Fsp3) is 0.158. The number of nitrogens with zero attached hydrogens (tertiary/aromatic N) is 2. The highest BCUT2D eigenvalue weighted by Gasteiger charge is 2.20. The molecule has 5 nitrogen and oxygen atoms in total. The van der Waals surface area contributed by atoms with Gasteiger partial charge in [-0.1, -0.05) is 29.8 Å². The third-order valence-electron chi connectivity index (χ3n) is 3.87. The van der Waals surface area contributed by atoms with E-state index in [2.05, 4.69) is 10.4 Å². The number of aryl methyl sites for hydroxylation is 1. The van der Waals surface area contributed by atoms with Crippen molar-refractivity contribution in [1.82, 2.24) is 9.78 Å². The molecule has 2 aromatic carbocycles. The molecule has 134 valence electrons. The second kappa shape index (κ2) is 7.58. The highest BCUT2D eigenvalue weighted by molar-refractivity contribution is 6.33. The number of amides is 1. The van der Waals surface area contributed by atoms with Crippen LogP contribution in [0.25, 0.3) is 0 Å². The van der Waals surface area contributed by atoms with Gasteiger partial charge in [0.25, 0.3) is 5.91 Å². The van der Waals surface area contributed by atoms with Crippen LogP contribution < -0.4 is 10.1 Å². The molecular formula is C19H17ClFN3O2. The summed E-state index contributed by atoms with van der Waals surface area (Å²) >= 11 is 6.37. The standard InChI is InChI=1S/C19H17ClFN3O2/c1-12-17(19(25)22-15-4-3-5-16(10-15)26-2)18(20)24(23-12)11-13-6-8-14(21)9-7-13/h3-10H,11H2,1-2H3,(H,22,25). The van der Waals surface area contributed by atoms with Crippen LogP contribution in [0.2, 0.25) is 5.15 Å². The van der Waals surface area contributed by atoms with Crippen molar-refractivity contribution >= 4 is 23.2 Å². The van der Waals surface area contributed by atoms with Gasteiger partial charge in [-0.05, 0) is 36.8 Å². The van der Waals surface area contributed by atoms with Crippen molar-refractivity contribution in [2.24, 2.45) is 0 Å². The van der Waals surface area contributed by atoms with Crippen molar-refractivity contribution in [2.75, 3.05) is 12.4 Å². The first-order valence-electron chi connectivity index (χ1n) is 7.90. The monoisotopic (exact) mass is 373 g/mol. The summed E-state index contributed by atoms with van der Waals surface area (Å²) in [4.78, 5) is 12.6. The van der Waals surface area contributed by atoms with Crippen LogP contribution in [0.4, 0.5) is 10.1 Å². The summed E-state index contributed by atoms with van der Waals surface area (Å²) in [6.45, 7) is 2.06. The number of hydrogen-bond acceptors (Lipinski definition) is 3. The summed E-state index contributed by atoms with van der Waals surface area (Å²) in [5, 5.41) is 7.35. The molecule has 0 unspecified atom stereocenters. The van der Waals surface area contributed by atoms with Crippen molar-refractivity contribution in [3.63, 3.8) is 0 Å². The topological polar surface area (TPSA) is 56.1 Å². The van der Waals surface area contributed by atoms with E-state index in [9.17, 15) is 9.18 Å². The predicted octanol–water partition coefficient (Wildman–Crippen LogP) is 4.29. The Morgan fingerprint density at radius 3 is 2.69 bits per heavy atom. The summed E-state index contributed by atoms with van der Waals surface area (Å²) in [7, 11) is 1.56. The summed E-state index contributed by atoms with van der Waals surface area (Å²) in [6, 6.07) is 13.1. The van der Waals surface area contributed by atoms with Gasteiger partial charge < -0.3 is 10.1 Å². The molecule has 0 bridgehead atoms. The molecule has 0 radical (unpaired) electrons. The van der Waals surface area contributed by atoms with Crippen molar-refractivity contribution in [3.05, 3.63) is 76.3 Å². The molecule has 0 saturated carbocycles. The number of nitrogens with one attached hydrogen (secondary N) is 1. The average Bonchev–Trinajstić information content (AvgIpc) is 2.90. The molecule has 0 spiro atoms. The molecule has 3 rings (SSSR count). The molecule has 0 aliphatic heterocycles. The smallest absolute Gasteiger partial charge is 0.260 e. The molecule has 0 saturated heterocycles. The summed E-state index contributed by atoms with van der Waals surface area (Å²) < 4.78 is 19.7. The van der Waals surface area contributed by atoms with Gasteiger partial charge in [0.05, 0.1) is 24.9 Å². The van der Waals surface area contributed by atoms with E-state index in [-0.39, 0.29) is 16.9 Å². The normalized spacial score (nSPS) is 10.6. The Balaban J connectivity index is 1.82. The molecule has 0 aliphatic rings. The van der Waals surface area contributed by atoms with E-state index in [1.54, 1.807) is 50.4 Å². The summed E-state index contributed by atoms with van der Waals surface area (Å²) in [6.07, 6.45) is 0. The van der Waals surface area contributed by atoms with Gasteiger partial charge in [0, 0.05) is 11.8 Å². The molecule has 0 aliphatic carbocycles. The lowest BCUT2D eigenvalue weighted by Gasteiger charge is -2.07. The number of hydrogen-bond donors (Lipinski definition) is 1. The SMILES string of the molecule is COc1cccc(NC(=O)c2c(C)nn(Cc3ccc(F)cc3)c2Cl)c1. The Bertz CT molecular complexity index is 938. The molecular weight excluding hydrogens is 357 g/mol. The van der Waals surface area contributed by atoms with E-state index in [1.165, 1.54) is 16.8 Å². The van der Waals surface area contributed by atoms with Gasteiger partial charge in [0.2, 0.25) is 0 Å². The minimum absolute atomic E-state index is 0.229. The number of methoxy groups -OCH3 is 1. The number of aromatic nitrogens is 2. The van der Waals surface area contributed by atoms with Crippen molar-refractivity contribution < 1.29 is 13.9 Å². The van der Waals surface area contributed by atoms with E-state index >= 15 is 0 Å². The fourth-order valence-electron chi connectivity index (χ4n) is 2.57. The first-order valence-corrected chi connectivity index (χ1v) is 8.28. The van der Waals surface area contributed by atoms with Crippen molar-refractivity contribution in [3.8, 4) is 5.75 Å². The van der Waals surface area contributed by atoms with Crippen LogP contribution in [0.3, 0.4) is 0 Å². The second-order valence-electron chi connectivity index (χ2n) is 5.72. The van der Waals surface area contributed by atoms with E-state index < -0.39 is 0 Å². The van der Waals surface area contributed by atoms with Crippen LogP contribution in [0.15, 0.2) is 48.5 Å². The first kappa shape index (κ1) is 17.9. The molecule has 1 N–H and O–H groups in total. The van der Waals surface area contributed by atoms with E-state index in [0.29, 0.717) is 29.2 Å². The maximum absolute atomic E-state index is 13.0. The zero-order valence-corrected chi connectivity index (χ0v) is 15.0. The van der Waals surface area contributed by atoms with Crippen molar-refractivity contribution in [2.45, 2.75) is 13.5 Å². The maximum Gasteiger partial charge on any atom is 0.260 e. The van der Waals surface area contributed by atoms with Crippen LogP contribution in [-0.4, -0.2) is 22.8 Å². The lowest BCUT2D eigenvalue weighted by molar-refractivity contribution is 0.102. The minimum atomic E-state index is -0.355. The Morgan fingerprint density at radius 2 is 2.00 bits per heavy atom. The fourth-order valence-corrected chi connectivity index (χ4v) is 2.89. The molecule has 1 aromatic heterocycles. The Hall–Kier alpha value is -2.86. The molecule has 3 aromatic rings. The number of ether oxygens (including phenoxy) is 1. The zero-order valence-electron chi connectivity index (χ0n) is 14.3. The van der Waals surface area contributed by atoms with Crippen LogP contribution in [-0.2, 0) is 6.54 Å². The lowest BCUT2D eigenvalue weighted by atomic mass is 10.2. The van der Waals surface area contributed by atoms with Gasteiger partial charge in [0.15, 0.2) is 0 Å². The predicted molar refractivity (Wildman–Crippen MR) is 98.4 cm³/mol. The third kappa shape index (κ3) is 3.86. The number of benzene rings is 2. The maximum atomic E-state index is 13.0. The highest BCUT2D eigenvalue weighted by atomic mass is 35.5. The van der Waals surface area contributed by atoms with Gasteiger partial charge in [0.1, 0.15) is 16.7 Å². The molecule has 1 amide bonds. The molecule has 26 heavy (non-hydrogen) atoms. The zero-order chi connectivity index (χ0) is 18.7. The number of rotatable bonds is 5. The largest absolute Gasteiger partial charge is 0.497 e. The van der Waals surface area contributed by atoms with E-state index in [1.807, 2.05) is 0 Å². The van der Waals surface area contributed by atoms with E-state index in [0.717, 1.165) is 5.56 Å². The highest BCUT2D eigenvalue weighted by Crippen LogP contribution is 2.23. The second-order valence-corrected chi connectivity index (χ2v) is 6.08. The Morgan fingerprint density at radius 1 is 1.27 bits per heavy atom. The quantitative estimate of drug-likeness (QED) is 0.725. The summed E-state index contributed by atoms with van der Waals surface area (Å²) in [5.41, 5.74) is 2.24. The average molecular weight is 374 g/mol. The molecule has 0 atom stereocenters. The molecule has 0 fully saturated rings. The first-order chi connectivity index (χ1) is 12.5. The van der Waals surface area contributed by atoms with Gasteiger partial charge in [-0.2, -0.15) is 5.10 Å². The van der Waals surface area contributed by atoms with E-state index in [4.69, 9.17) is 16.3 Å². The summed E-state index contributed by atoms with van der Waals surface area (Å²) in [5.74, 6) is -0.0291. The van der Waals surface area contributed by atoms with Crippen LogP contribution >= 0.6 is 11.6 Å². The number of carbonyl (C=O) groups excluding carboxylic acids is 1. The molecule has 1 heterocycles. The Labute approximate surface area is 155 Å². The Kier molecular flexibility index (Phi) is 5.23. The van der Waals surface area contributed by atoms with Crippen LogP contribution in [0.5, 0.6) is 5.75 Å². The lowest BCUT2D eigenvalue weighted by Crippen LogP contribution is -2.13. The van der Waals surface area contributed by atoms with Gasteiger partial charge in [-0.25, -0.2) is 9.07 Å². The third-order valence-corrected chi connectivity index (χ3v) is 4.25. The van der Waals surface area contributed by atoms with Crippen LogP contribution in [0.1, 0.15) is 21.6 Å². The van der Waals surface area contributed by atoms with Gasteiger partial charge >= 0.3 is 0 Å². The van der Waals surface area contributed by atoms with Crippen LogP contribution in [0, 0.1) is 12.7 Å².